The Morgan fingerprint density at radius 1 is 1.00 bits per heavy atom. The lowest BCUT2D eigenvalue weighted by Gasteiger charge is -2.26. The summed E-state index contributed by atoms with van der Waals surface area (Å²) in [5.74, 6) is 0.237. The Morgan fingerprint density at radius 2 is 1.70 bits per heavy atom. The summed E-state index contributed by atoms with van der Waals surface area (Å²) in [6, 6.07) is 25.0. The van der Waals surface area contributed by atoms with E-state index in [1.165, 1.54) is 13.8 Å². The lowest BCUT2D eigenvalue weighted by atomic mass is 10.1. The van der Waals surface area contributed by atoms with Crippen LogP contribution in [0.1, 0.15) is 19.4 Å². The van der Waals surface area contributed by atoms with Crippen LogP contribution in [-0.2, 0) is 11.3 Å². The standard InChI is InChI=1S/C26H26N2O5/c1-26(2,24(29)30)33-22-14-8-6-10-19(22)18-28(16-17-31-20-11-4-3-5-12-20)25-27-21-13-7-9-15-23(21)32-25/h3-15H,16-18H2,1-2H3,(H,29,30). The Balaban J connectivity index is 1.59. The van der Waals surface area contributed by atoms with Crippen molar-refractivity contribution >= 4 is 23.1 Å². The molecule has 4 rings (SSSR count). The number of para-hydroxylation sites is 4. The predicted octanol–water partition coefficient (Wildman–Crippen LogP) is 5.16. The molecule has 1 N–H and O–H groups in total. The van der Waals surface area contributed by atoms with Gasteiger partial charge in [0, 0.05) is 5.56 Å². The summed E-state index contributed by atoms with van der Waals surface area (Å²) in [6.07, 6.45) is 0. The molecule has 0 saturated heterocycles. The van der Waals surface area contributed by atoms with E-state index in [4.69, 9.17) is 13.9 Å². The molecule has 1 heterocycles. The van der Waals surface area contributed by atoms with Gasteiger partial charge in [-0.25, -0.2) is 4.79 Å². The highest BCUT2D eigenvalue weighted by atomic mass is 16.5. The van der Waals surface area contributed by atoms with Crippen LogP contribution in [-0.4, -0.2) is 34.8 Å². The minimum atomic E-state index is -1.37. The summed E-state index contributed by atoms with van der Waals surface area (Å²) in [5.41, 5.74) is 0.902. The first-order valence-electron chi connectivity index (χ1n) is 10.7. The molecule has 0 spiro atoms. The first kappa shape index (κ1) is 22.2. The molecule has 0 aliphatic heterocycles. The minimum Gasteiger partial charge on any atom is -0.492 e. The van der Waals surface area contributed by atoms with E-state index in [0.717, 1.165) is 16.8 Å². The zero-order valence-corrected chi connectivity index (χ0v) is 18.6. The van der Waals surface area contributed by atoms with E-state index in [9.17, 15) is 9.90 Å². The van der Waals surface area contributed by atoms with Crippen LogP contribution in [0.25, 0.3) is 11.1 Å². The summed E-state index contributed by atoms with van der Waals surface area (Å²) in [5, 5.41) is 9.48. The number of hydrogen-bond acceptors (Lipinski definition) is 6. The van der Waals surface area contributed by atoms with E-state index >= 15 is 0 Å². The molecule has 4 aromatic rings. The third kappa shape index (κ3) is 5.44. The fraction of sp³-hybridized carbons (Fsp3) is 0.231. The highest BCUT2D eigenvalue weighted by Crippen LogP contribution is 2.28. The third-order valence-corrected chi connectivity index (χ3v) is 5.14. The number of carboxylic acids is 1. The SMILES string of the molecule is CC(C)(Oc1ccccc1CN(CCOc1ccccc1)c1nc2ccccc2o1)C(=O)O. The second kappa shape index (κ2) is 9.65. The van der Waals surface area contributed by atoms with Gasteiger partial charge in [-0.2, -0.15) is 4.98 Å². The number of benzene rings is 3. The molecule has 0 unspecified atom stereocenters. The summed E-state index contributed by atoms with van der Waals surface area (Å²) < 4.78 is 17.8. The van der Waals surface area contributed by atoms with Gasteiger partial charge in [-0.1, -0.05) is 48.5 Å². The Kier molecular flexibility index (Phi) is 6.49. The van der Waals surface area contributed by atoms with E-state index in [2.05, 4.69) is 4.98 Å². The molecule has 0 bridgehead atoms. The zero-order chi connectivity index (χ0) is 23.3. The summed E-state index contributed by atoms with van der Waals surface area (Å²) in [4.78, 5) is 18.2. The maximum atomic E-state index is 11.6. The number of fused-ring (bicyclic) bond motifs is 1. The van der Waals surface area contributed by atoms with Gasteiger partial charge in [0.25, 0.3) is 6.01 Å². The van der Waals surface area contributed by atoms with Crippen LogP contribution in [0.3, 0.4) is 0 Å². The highest BCUT2D eigenvalue weighted by molar-refractivity contribution is 5.77. The van der Waals surface area contributed by atoms with E-state index in [-0.39, 0.29) is 0 Å². The maximum Gasteiger partial charge on any atom is 0.347 e. The van der Waals surface area contributed by atoms with Crippen molar-refractivity contribution in [3.8, 4) is 11.5 Å². The Hall–Kier alpha value is -4.00. The van der Waals surface area contributed by atoms with Crippen molar-refractivity contribution in [1.29, 1.82) is 0 Å². The number of rotatable bonds is 10. The average Bonchev–Trinajstić information content (AvgIpc) is 3.24. The summed E-state index contributed by atoms with van der Waals surface area (Å²) in [6.45, 7) is 4.36. The van der Waals surface area contributed by atoms with Gasteiger partial charge in [0.1, 0.15) is 23.6 Å². The Morgan fingerprint density at radius 3 is 2.45 bits per heavy atom. The van der Waals surface area contributed by atoms with E-state index in [1.807, 2.05) is 77.7 Å². The van der Waals surface area contributed by atoms with Crippen molar-refractivity contribution in [2.75, 3.05) is 18.1 Å². The fourth-order valence-electron chi connectivity index (χ4n) is 3.29. The van der Waals surface area contributed by atoms with Gasteiger partial charge in [0.15, 0.2) is 11.2 Å². The average molecular weight is 447 g/mol. The second-order valence-electron chi connectivity index (χ2n) is 8.07. The van der Waals surface area contributed by atoms with Crippen LogP contribution >= 0.6 is 0 Å². The smallest absolute Gasteiger partial charge is 0.347 e. The number of carboxylic acid groups (broad SMARTS) is 1. The van der Waals surface area contributed by atoms with Gasteiger partial charge in [-0.05, 0) is 44.2 Å². The van der Waals surface area contributed by atoms with Gasteiger partial charge in [-0.15, -0.1) is 0 Å². The molecule has 7 heteroatoms. The molecule has 0 aliphatic carbocycles. The zero-order valence-electron chi connectivity index (χ0n) is 18.6. The predicted molar refractivity (Wildman–Crippen MR) is 126 cm³/mol. The van der Waals surface area contributed by atoms with Crippen LogP contribution in [0.4, 0.5) is 6.01 Å². The van der Waals surface area contributed by atoms with E-state index in [0.29, 0.717) is 37.0 Å². The molecule has 7 nitrogen and oxygen atoms in total. The molecule has 3 aromatic carbocycles. The number of carbonyl (C=O) groups is 1. The molecule has 0 aliphatic rings. The quantitative estimate of drug-likeness (QED) is 0.360. The Bertz CT molecular complexity index is 1190. The van der Waals surface area contributed by atoms with Crippen molar-refractivity contribution in [2.45, 2.75) is 26.0 Å². The van der Waals surface area contributed by atoms with E-state index < -0.39 is 11.6 Å². The first-order valence-corrected chi connectivity index (χ1v) is 10.7. The lowest BCUT2D eigenvalue weighted by molar-refractivity contribution is -0.152. The molecule has 170 valence electrons. The van der Waals surface area contributed by atoms with Crippen LogP contribution in [0.2, 0.25) is 0 Å². The molecule has 0 radical (unpaired) electrons. The summed E-state index contributed by atoms with van der Waals surface area (Å²) in [7, 11) is 0. The number of ether oxygens (including phenoxy) is 2. The van der Waals surface area contributed by atoms with E-state index in [1.54, 1.807) is 6.07 Å². The van der Waals surface area contributed by atoms with Crippen molar-refractivity contribution < 1.29 is 23.8 Å². The summed E-state index contributed by atoms with van der Waals surface area (Å²) >= 11 is 0. The minimum absolute atomic E-state index is 0.400. The molecule has 0 saturated carbocycles. The van der Waals surface area contributed by atoms with Gasteiger partial charge in [0.2, 0.25) is 0 Å². The van der Waals surface area contributed by atoms with Crippen molar-refractivity contribution in [1.82, 2.24) is 4.98 Å². The number of aliphatic carboxylic acids is 1. The lowest BCUT2D eigenvalue weighted by Crippen LogP contribution is -2.38. The van der Waals surface area contributed by atoms with Gasteiger partial charge in [0.05, 0.1) is 13.1 Å². The topological polar surface area (TPSA) is 85.0 Å². The van der Waals surface area contributed by atoms with Crippen LogP contribution in [0, 0.1) is 0 Å². The molecular weight excluding hydrogens is 420 g/mol. The van der Waals surface area contributed by atoms with Crippen molar-refractivity contribution in [3.05, 3.63) is 84.4 Å². The number of oxazole rings is 1. The molecular formula is C26H26N2O5. The second-order valence-corrected chi connectivity index (χ2v) is 8.07. The Labute approximate surface area is 192 Å². The number of hydrogen-bond donors (Lipinski definition) is 1. The van der Waals surface area contributed by atoms with Gasteiger partial charge in [-0.3, -0.25) is 0 Å². The van der Waals surface area contributed by atoms with Gasteiger partial charge >= 0.3 is 5.97 Å². The number of anilines is 1. The largest absolute Gasteiger partial charge is 0.492 e. The van der Waals surface area contributed by atoms with Crippen molar-refractivity contribution in [3.63, 3.8) is 0 Å². The van der Waals surface area contributed by atoms with Crippen LogP contribution < -0.4 is 14.4 Å². The van der Waals surface area contributed by atoms with Gasteiger partial charge < -0.3 is 23.9 Å². The third-order valence-electron chi connectivity index (χ3n) is 5.14. The maximum absolute atomic E-state index is 11.6. The molecule has 0 amide bonds. The first-order chi connectivity index (χ1) is 15.9. The fourth-order valence-corrected chi connectivity index (χ4v) is 3.29. The van der Waals surface area contributed by atoms with Crippen LogP contribution in [0.15, 0.2) is 83.3 Å². The number of nitrogens with zero attached hydrogens (tertiary/aromatic N) is 2. The van der Waals surface area contributed by atoms with Crippen LogP contribution in [0.5, 0.6) is 11.5 Å². The number of aromatic nitrogens is 1. The monoisotopic (exact) mass is 446 g/mol. The highest BCUT2D eigenvalue weighted by Gasteiger charge is 2.30. The van der Waals surface area contributed by atoms with Crippen molar-refractivity contribution in [2.24, 2.45) is 0 Å². The molecule has 1 aromatic heterocycles. The molecule has 0 fully saturated rings. The molecule has 0 atom stereocenters. The molecule has 33 heavy (non-hydrogen) atoms. The normalized spacial score (nSPS) is 11.3.